The minimum Gasteiger partial charge on any atom is -0.321 e. The van der Waals surface area contributed by atoms with Gasteiger partial charge in [-0.05, 0) is 29.0 Å². The Balaban J connectivity index is 1.56. The Kier molecular flexibility index (Phi) is 3.72. The first-order valence-corrected chi connectivity index (χ1v) is 8.21. The SMILES string of the molecule is O=C(Nc1ccc2ccccc2c1)c1csc(-c2ncccn2)n1. The number of carbonyl (C=O) groups is 1. The Morgan fingerprint density at radius 1 is 0.958 bits per heavy atom. The molecule has 0 aliphatic carbocycles. The molecule has 0 aliphatic heterocycles. The van der Waals surface area contributed by atoms with E-state index in [0.717, 1.165) is 16.5 Å². The third kappa shape index (κ3) is 2.87. The quantitative estimate of drug-likeness (QED) is 0.615. The first-order chi connectivity index (χ1) is 11.8. The van der Waals surface area contributed by atoms with E-state index in [9.17, 15) is 4.79 Å². The molecule has 0 spiro atoms. The van der Waals surface area contributed by atoms with Gasteiger partial charge in [-0.15, -0.1) is 11.3 Å². The first kappa shape index (κ1) is 14.5. The molecule has 0 unspecified atom stereocenters. The van der Waals surface area contributed by atoms with Gasteiger partial charge in [0, 0.05) is 23.5 Å². The normalized spacial score (nSPS) is 10.7. The van der Waals surface area contributed by atoms with E-state index < -0.39 is 0 Å². The number of nitrogens with zero attached hydrogens (tertiary/aromatic N) is 3. The van der Waals surface area contributed by atoms with Crippen molar-refractivity contribution in [1.82, 2.24) is 15.0 Å². The predicted molar refractivity (Wildman–Crippen MR) is 95.0 cm³/mol. The predicted octanol–water partition coefficient (Wildman–Crippen LogP) is 4.01. The fourth-order valence-corrected chi connectivity index (χ4v) is 3.10. The second-order valence-corrected chi connectivity index (χ2v) is 5.98. The summed E-state index contributed by atoms with van der Waals surface area (Å²) in [6.45, 7) is 0. The Morgan fingerprint density at radius 2 is 1.75 bits per heavy atom. The molecule has 6 heteroatoms. The van der Waals surface area contributed by atoms with Gasteiger partial charge in [0.25, 0.3) is 5.91 Å². The van der Waals surface area contributed by atoms with Crippen LogP contribution in [0.5, 0.6) is 0 Å². The van der Waals surface area contributed by atoms with Crippen molar-refractivity contribution in [2.24, 2.45) is 0 Å². The second kappa shape index (κ2) is 6.17. The summed E-state index contributed by atoms with van der Waals surface area (Å²) < 4.78 is 0. The Bertz CT molecular complexity index is 1010. The van der Waals surface area contributed by atoms with E-state index in [1.807, 2.05) is 42.5 Å². The molecule has 0 saturated heterocycles. The lowest BCUT2D eigenvalue weighted by Gasteiger charge is -2.05. The van der Waals surface area contributed by atoms with Crippen LogP contribution in [0.15, 0.2) is 66.3 Å². The minimum absolute atomic E-state index is 0.247. The van der Waals surface area contributed by atoms with E-state index in [4.69, 9.17) is 0 Å². The number of hydrogen-bond donors (Lipinski definition) is 1. The van der Waals surface area contributed by atoms with Crippen molar-refractivity contribution in [3.05, 3.63) is 72.0 Å². The Labute approximate surface area is 142 Å². The van der Waals surface area contributed by atoms with E-state index in [1.165, 1.54) is 11.3 Å². The summed E-state index contributed by atoms with van der Waals surface area (Å²) in [4.78, 5) is 25.0. The van der Waals surface area contributed by atoms with Crippen molar-refractivity contribution in [2.45, 2.75) is 0 Å². The van der Waals surface area contributed by atoms with Crippen LogP contribution in [0.3, 0.4) is 0 Å². The minimum atomic E-state index is -0.247. The number of benzene rings is 2. The summed E-state index contributed by atoms with van der Waals surface area (Å²) in [6.07, 6.45) is 3.30. The summed E-state index contributed by atoms with van der Waals surface area (Å²) in [7, 11) is 0. The monoisotopic (exact) mass is 332 g/mol. The zero-order valence-corrected chi connectivity index (χ0v) is 13.3. The molecule has 1 N–H and O–H groups in total. The number of rotatable bonds is 3. The molecule has 2 heterocycles. The number of hydrogen-bond acceptors (Lipinski definition) is 5. The summed E-state index contributed by atoms with van der Waals surface area (Å²) in [5, 5.41) is 7.42. The lowest BCUT2D eigenvalue weighted by Crippen LogP contribution is -2.12. The molecule has 2 aromatic carbocycles. The number of aromatic nitrogens is 3. The topological polar surface area (TPSA) is 67.8 Å². The van der Waals surface area contributed by atoms with E-state index in [2.05, 4.69) is 20.3 Å². The van der Waals surface area contributed by atoms with Gasteiger partial charge < -0.3 is 5.32 Å². The van der Waals surface area contributed by atoms with Gasteiger partial charge in [-0.2, -0.15) is 0 Å². The summed E-state index contributed by atoms with van der Waals surface area (Å²) in [5.74, 6) is 0.274. The van der Waals surface area contributed by atoms with Crippen LogP contribution in [0.1, 0.15) is 10.5 Å². The fourth-order valence-electron chi connectivity index (χ4n) is 2.35. The van der Waals surface area contributed by atoms with Gasteiger partial charge in [0.05, 0.1) is 0 Å². The highest BCUT2D eigenvalue weighted by atomic mass is 32.1. The number of thiazole rings is 1. The zero-order chi connectivity index (χ0) is 16.4. The smallest absolute Gasteiger partial charge is 0.275 e. The average molecular weight is 332 g/mol. The second-order valence-electron chi connectivity index (χ2n) is 5.13. The van der Waals surface area contributed by atoms with E-state index in [0.29, 0.717) is 16.5 Å². The van der Waals surface area contributed by atoms with E-state index in [1.54, 1.807) is 23.8 Å². The number of nitrogens with one attached hydrogen (secondary N) is 1. The van der Waals surface area contributed by atoms with Gasteiger partial charge in [-0.3, -0.25) is 4.79 Å². The number of amides is 1. The summed E-state index contributed by atoms with van der Waals surface area (Å²) in [6, 6.07) is 15.6. The molecule has 0 saturated carbocycles. The van der Waals surface area contributed by atoms with Crippen molar-refractivity contribution < 1.29 is 4.79 Å². The molecule has 4 rings (SSSR count). The van der Waals surface area contributed by atoms with Crippen LogP contribution in [-0.2, 0) is 0 Å². The van der Waals surface area contributed by atoms with Crippen molar-refractivity contribution >= 4 is 33.7 Å². The molecule has 24 heavy (non-hydrogen) atoms. The van der Waals surface area contributed by atoms with Crippen molar-refractivity contribution in [2.75, 3.05) is 5.32 Å². The maximum absolute atomic E-state index is 12.4. The first-order valence-electron chi connectivity index (χ1n) is 7.33. The summed E-state index contributed by atoms with van der Waals surface area (Å²) >= 11 is 1.35. The number of fused-ring (bicyclic) bond motifs is 1. The molecule has 0 bridgehead atoms. The third-order valence-corrected chi connectivity index (χ3v) is 4.34. The van der Waals surface area contributed by atoms with Crippen LogP contribution in [0.4, 0.5) is 5.69 Å². The van der Waals surface area contributed by atoms with Crippen LogP contribution in [0, 0.1) is 0 Å². The van der Waals surface area contributed by atoms with Crippen LogP contribution >= 0.6 is 11.3 Å². The fraction of sp³-hybridized carbons (Fsp3) is 0. The van der Waals surface area contributed by atoms with Crippen LogP contribution in [0.2, 0.25) is 0 Å². The van der Waals surface area contributed by atoms with E-state index in [-0.39, 0.29) is 5.91 Å². The maximum atomic E-state index is 12.4. The molecule has 4 aromatic rings. The molecule has 116 valence electrons. The lowest BCUT2D eigenvalue weighted by molar-refractivity contribution is 0.102. The highest BCUT2D eigenvalue weighted by molar-refractivity contribution is 7.13. The lowest BCUT2D eigenvalue weighted by atomic mass is 10.1. The van der Waals surface area contributed by atoms with Gasteiger partial charge in [-0.1, -0.05) is 30.3 Å². The largest absolute Gasteiger partial charge is 0.321 e. The third-order valence-electron chi connectivity index (χ3n) is 3.50. The summed E-state index contributed by atoms with van der Waals surface area (Å²) in [5.41, 5.74) is 1.10. The molecular weight excluding hydrogens is 320 g/mol. The van der Waals surface area contributed by atoms with Crippen molar-refractivity contribution in [3.63, 3.8) is 0 Å². The maximum Gasteiger partial charge on any atom is 0.275 e. The van der Waals surface area contributed by atoms with E-state index >= 15 is 0 Å². The average Bonchev–Trinajstić information content (AvgIpc) is 3.13. The Hall–Kier alpha value is -3.12. The van der Waals surface area contributed by atoms with Crippen LogP contribution in [-0.4, -0.2) is 20.9 Å². The highest BCUT2D eigenvalue weighted by Crippen LogP contribution is 2.22. The van der Waals surface area contributed by atoms with Gasteiger partial charge in [0.15, 0.2) is 10.8 Å². The van der Waals surface area contributed by atoms with Gasteiger partial charge in [-0.25, -0.2) is 15.0 Å². The molecule has 0 radical (unpaired) electrons. The molecule has 1 amide bonds. The molecule has 2 aromatic heterocycles. The molecular formula is C18H12N4OS. The molecule has 0 aliphatic rings. The Morgan fingerprint density at radius 3 is 2.58 bits per heavy atom. The molecule has 0 fully saturated rings. The van der Waals surface area contributed by atoms with Crippen LogP contribution < -0.4 is 5.32 Å². The standard InChI is InChI=1S/C18H12N4OS/c23-17(15-11-24-18(22-15)16-19-8-3-9-20-16)21-14-7-6-12-4-1-2-5-13(12)10-14/h1-11H,(H,21,23). The van der Waals surface area contributed by atoms with Crippen molar-refractivity contribution in [3.8, 4) is 10.8 Å². The molecule has 5 nitrogen and oxygen atoms in total. The van der Waals surface area contributed by atoms with Gasteiger partial charge >= 0.3 is 0 Å². The van der Waals surface area contributed by atoms with Crippen LogP contribution in [0.25, 0.3) is 21.6 Å². The zero-order valence-electron chi connectivity index (χ0n) is 12.5. The van der Waals surface area contributed by atoms with Gasteiger partial charge in [0.2, 0.25) is 0 Å². The van der Waals surface area contributed by atoms with Gasteiger partial charge in [0.1, 0.15) is 5.69 Å². The number of carbonyl (C=O) groups excluding carboxylic acids is 1. The highest BCUT2D eigenvalue weighted by Gasteiger charge is 2.13. The number of anilines is 1. The van der Waals surface area contributed by atoms with Crippen molar-refractivity contribution in [1.29, 1.82) is 0 Å². The molecule has 0 atom stereocenters.